The zero-order chi connectivity index (χ0) is 20.4. The summed E-state index contributed by atoms with van der Waals surface area (Å²) in [4.78, 5) is 49.4. The number of carbonyl (C=O) groups excluding carboxylic acids is 4. The number of urea groups is 1. The number of nitrogens with zero attached hydrogens (tertiary/aromatic N) is 1. The first-order valence-corrected chi connectivity index (χ1v) is 8.31. The zero-order valence-corrected chi connectivity index (χ0v) is 14.9. The van der Waals surface area contributed by atoms with Crippen LogP contribution in [-0.2, 0) is 9.59 Å². The molecule has 28 heavy (non-hydrogen) atoms. The van der Waals surface area contributed by atoms with Crippen molar-refractivity contribution in [1.82, 2.24) is 5.32 Å². The number of hydrogen-bond acceptors (Lipinski definition) is 6. The Labute approximate surface area is 160 Å². The third kappa shape index (κ3) is 3.48. The highest BCUT2D eigenvalue weighted by Gasteiger charge is 2.43. The second-order valence-corrected chi connectivity index (χ2v) is 6.21. The van der Waals surface area contributed by atoms with Crippen molar-refractivity contribution < 1.29 is 24.3 Å². The van der Waals surface area contributed by atoms with Crippen LogP contribution < -0.4 is 20.6 Å². The minimum Gasteiger partial charge on any atom is -0.545 e. The van der Waals surface area contributed by atoms with Gasteiger partial charge in [0.25, 0.3) is 5.91 Å². The van der Waals surface area contributed by atoms with E-state index in [1.165, 1.54) is 18.2 Å². The van der Waals surface area contributed by atoms with Crippen molar-refractivity contribution in [3.63, 3.8) is 0 Å². The number of rotatable bonds is 5. The molecule has 142 valence electrons. The largest absolute Gasteiger partial charge is 0.545 e. The van der Waals surface area contributed by atoms with Crippen LogP contribution in [0.4, 0.5) is 16.2 Å². The molecular formula is C20H16N3O5-. The molecule has 8 nitrogen and oxygen atoms in total. The quantitative estimate of drug-likeness (QED) is 0.755. The lowest BCUT2D eigenvalue weighted by Gasteiger charge is -2.32. The second kappa shape index (κ2) is 7.36. The Morgan fingerprint density at radius 3 is 2.54 bits per heavy atom. The molecule has 1 heterocycles. The number of imide groups is 2. The van der Waals surface area contributed by atoms with Gasteiger partial charge in [0.1, 0.15) is 0 Å². The van der Waals surface area contributed by atoms with E-state index in [-0.39, 0.29) is 11.3 Å². The summed E-state index contributed by atoms with van der Waals surface area (Å²) < 4.78 is 0. The predicted molar refractivity (Wildman–Crippen MR) is 99.2 cm³/mol. The van der Waals surface area contributed by atoms with Gasteiger partial charge in [0, 0.05) is 11.4 Å². The molecule has 8 heteroatoms. The van der Waals surface area contributed by atoms with Gasteiger partial charge >= 0.3 is 6.03 Å². The Kier molecular flexibility index (Phi) is 4.95. The Morgan fingerprint density at radius 2 is 1.86 bits per heavy atom. The zero-order valence-electron chi connectivity index (χ0n) is 14.9. The van der Waals surface area contributed by atoms with Gasteiger partial charge in [0.2, 0.25) is 5.91 Å². The molecule has 2 N–H and O–H groups in total. The van der Waals surface area contributed by atoms with Crippen molar-refractivity contribution in [2.75, 3.05) is 10.2 Å². The topological polar surface area (TPSA) is 119 Å². The average molecular weight is 378 g/mol. The molecule has 2 aromatic carbocycles. The lowest BCUT2D eigenvalue weighted by Crippen LogP contribution is -2.59. The van der Waals surface area contributed by atoms with Crippen LogP contribution in [0.15, 0.2) is 60.8 Å². The third-order valence-corrected chi connectivity index (χ3v) is 4.27. The summed E-state index contributed by atoms with van der Waals surface area (Å²) in [5, 5.41) is 15.9. The van der Waals surface area contributed by atoms with Crippen LogP contribution in [0.1, 0.15) is 15.9 Å². The number of nitrogens with one attached hydrogen (secondary N) is 2. The molecule has 1 fully saturated rings. The minimum absolute atomic E-state index is 0.00378. The number of benzene rings is 2. The third-order valence-electron chi connectivity index (χ3n) is 4.27. The Bertz CT molecular complexity index is 1010. The van der Waals surface area contributed by atoms with E-state index in [1.54, 1.807) is 37.3 Å². The van der Waals surface area contributed by atoms with Gasteiger partial charge in [-0.3, -0.25) is 14.9 Å². The van der Waals surface area contributed by atoms with Gasteiger partial charge < -0.3 is 15.2 Å². The summed E-state index contributed by atoms with van der Waals surface area (Å²) >= 11 is 0. The maximum atomic E-state index is 12.9. The van der Waals surface area contributed by atoms with Crippen LogP contribution in [0.2, 0.25) is 0 Å². The molecule has 1 atom stereocenters. The van der Waals surface area contributed by atoms with E-state index in [4.69, 9.17) is 0 Å². The SMILES string of the molecule is C=C(Nc1cccc(C(=O)[O-])c1)[C@@H]1C(=O)NC(=O)N(c2ccccc2C)C1=O. The molecule has 0 aliphatic carbocycles. The number of hydrogen-bond donors (Lipinski definition) is 2. The fourth-order valence-corrected chi connectivity index (χ4v) is 2.91. The van der Waals surface area contributed by atoms with Crippen molar-refractivity contribution >= 4 is 35.2 Å². The molecular weight excluding hydrogens is 362 g/mol. The highest BCUT2D eigenvalue weighted by molar-refractivity contribution is 6.29. The summed E-state index contributed by atoms with van der Waals surface area (Å²) in [5.74, 6) is -4.30. The molecule has 0 bridgehead atoms. The fourth-order valence-electron chi connectivity index (χ4n) is 2.91. The van der Waals surface area contributed by atoms with Gasteiger partial charge in [-0.15, -0.1) is 0 Å². The molecule has 4 amide bonds. The minimum atomic E-state index is -1.37. The summed E-state index contributed by atoms with van der Waals surface area (Å²) in [5.41, 5.74) is 1.28. The number of carboxylic acids is 1. The van der Waals surface area contributed by atoms with Gasteiger partial charge in [0.05, 0.1) is 11.7 Å². The standard InChI is InChI=1S/C20H17N3O5/c1-11-6-3-4-9-15(11)23-18(25)16(17(24)22-20(23)28)12(2)21-14-8-5-7-13(10-14)19(26)27/h3-10,16,21H,2H2,1H3,(H,26,27)(H,22,24,28)/p-1/t16-/m1/s1. The van der Waals surface area contributed by atoms with Gasteiger partial charge in [-0.1, -0.05) is 36.9 Å². The number of aromatic carboxylic acids is 1. The Hall–Kier alpha value is -3.94. The Balaban J connectivity index is 1.89. The smallest absolute Gasteiger partial charge is 0.335 e. The molecule has 2 aromatic rings. The van der Waals surface area contributed by atoms with E-state index < -0.39 is 29.7 Å². The van der Waals surface area contributed by atoms with Crippen LogP contribution in [0.5, 0.6) is 0 Å². The molecule has 0 spiro atoms. The summed E-state index contributed by atoms with van der Waals surface area (Å²) in [6.07, 6.45) is 0. The van der Waals surface area contributed by atoms with E-state index in [1.807, 2.05) is 0 Å². The molecule has 1 saturated heterocycles. The first-order valence-electron chi connectivity index (χ1n) is 8.31. The molecule has 0 saturated carbocycles. The van der Waals surface area contributed by atoms with Crippen molar-refractivity contribution in [3.8, 4) is 0 Å². The molecule has 1 aliphatic heterocycles. The number of para-hydroxylation sites is 1. The van der Waals surface area contributed by atoms with Gasteiger partial charge in [-0.2, -0.15) is 0 Å². The first kappa shape index (κ1) is 18.8. The monoisotopic (exact) mass is 378 g/mol. The maximum Gasteiger partial charge on any atom is 0.335 e. The number of aryl methyl sites for hydroxylation is 1. The highest BCUT2D eigenvalue weighted by atomic mass is 16.4. The normalized spacial score (nSPS) is 16.5. The number of barbiturate groups is 1. The number of amides is 4. The average Bonchev–Trinajstić information content (AvgIpc) is 2.63. The summed E-state index contributed by atoms with van der Waals surface area (Å²) in [6, 6.07) is 11.6. The van der Waals surface area contributed by atoms with Gasteiger partial charge in [-0.25, -0.2) is 9.69 Å². The Morgan fingerprint density at radius 1 is 1.14 bits per heavy atom. The van der Waals surface area contributed by atoms with Crippen molar-refractivity contribution in [1.29, 1.82) is 0 Å². The molecule has 1 aliphatic rings. The van der Waals surface area contributed by atoms with Crippen LogP contribution in [0, 0.1) is 12.8 Å². The molecule has 3 rings (SSSR count). The van der Waals surface area contributed by atoms with Crippen LogP contribution >= 0.6 is 0 Å². The van der Waals surface area contributed by atoms with Gasteiger partial charge in [0.15, 0.2) is 5.92 Å². The van der Waals surface area contributed by atoms with Crippen LogP contribution in [-0.4, -0.2) is 23.8 Å². The molecule has 0 unspecified atom stereocenters. The number of anilines is 2. The fraction of sp³-hybridized carbons (Fsp3) is 0.100. The lowest BCUT2D eigenvalue weighted by atomic mass is 9.99. The van der Waals surface area contributed by atoms with Crippen LogP contribution in [0.25, 0.3) is 0 Å². The first-order chi connectivity index (χ1) is 13.3. The van der Waals surface area contributed by atoms with Crippen LogP contribution in [0.3, 0.4) is 0 Å². The number of carbonyl (C=O) groups is 4. The van der Waals surface area contributed by atoms with E-state index >= 15 is 0 Å². The highest BCUT2D eigenvalue weighted by Crippen LogP contribution is 2.27. The second-order valence-electron chi connectivity index (χ2n) is 6.21. The summed E-state index contributed by atoms with van der Waals surface area (Å²) in [6.45, 7) is 5.47. The van der Waals surface area contributed by atoms with Crippen molar-refractivity contribution in [2.24, 2.45) is 5.92 Å². The maximum absolute atomic E-state index is 12.9. The molecule has 0 radical (unpaired) electrons. The number of carboxylic acid groups (broad SMARTS) is 1. The van der Waals surface area contributed by atoms with E-state index in [2.05, 4.69) is 17.2 Å². The summed E-state index contributed by atoms with van der Waals surface area (Å²) in [7, 11) is 0. The predicted octanol–water partition coefficient (Wildman–Crippen LogP) is 1.18. The van der Waals surface area contributed by atoms with E-state index in [9.17, 15) is 24.3 Å². The van der Waals surface area contributed by atoms with Crippen molar-refractivity contribution in [3.05, 3.63) is 71.9 Å². The van der Waals surface area contributed by atoms with E-state index in [0.717, 1.165) is 4.90 Å². The lowest BCUT2D eigenvalue weighted by molar-refractivity contribution is -0.255. The van der Waals surface area contributed by atoms with Gasteiger partial charge in [-0.05, 0) is 36.2 Å². The van der Waals surface area contributed by atoms with E-state index in [0.29, 0.717) is 16.9 Å². The molecule has 0 aromatic heterocycles. The van der Waals surface area contributed by atoms with Crippen molar-refractivity contribution in [2.45, 2.75) is 6.92 Å².